The summed E-state index contributed by atoms with van der Waals surface area (Å²) in [5, 5.41) is 10.3. The quantitative estimate of drug-likeness (QED) is 0.674. The number of aryl methyl sites for hydroxylation is 2. The van der Waals surface area contributed by atoms with Crippen molar-refractivity contribution in [1.82, 2.24) is 15.1 Å². The van der Waals surface area contributed by atoms with Gasteiger partial charge in [-0.15, -0.1) is 0 Å². The number of aromatic nitrogens is 2. The largest absolute Gasteiger partial charge is 0.405 e. The molecule has 0 saturated carbocycles. The van der Waals surface area contributed by atoms with E-state index in [-0.39, 0.29) is 18.6 Å². The first-order valence-corrected chi connectivity index (χ1v) is 9.70. The van der Waals surface area contributed by atoms with Crippen LogP contribution in [0, 0.1) is 6.92 Å². The predicted molar refractivity (Wildman–Crippen MR) is 107 cm³/mol. The molecule has 1 amide bonds. The highest BCUT2D eigenvalue weighted by Gasteiger charge is 2.39. The standard InChI is InChI=1S/C21H23F3N4O3/c1-13-16(11-28(3)26-13)20(2)10-17(27-31-20)14-4-6-15(7-5-14)18(29)8-9-19(30)25-12-21(22,23)24/h4-7,11H,8-10,12H2,1-3H3,(H,25,30). The third-order valence-electron chi connectivity index (χ3n) is 5.05. The van der Waals surface area contributed by atoms with Gasteiger partial charge in [-0.2, -0.15) is 18.3 Å². The van der Waals surface area contributed by atoms with Crippen LogP contribution in [0.5, 0.6) is 0 Å². The number of Topliss-reactive ketones (excluding diaryl/α,β-unsaturated/α-hetero) is 1. The van der Waals surface area contributed by atoms with Gasteiger partial charge in [-0.05, 0) is 19.4 Å². The molecule has 0 radical (unpaired) electrons. The first kappa shape index (κ1) is 22.5. The fraction of sp³-hybridized carbons (Fsp3) is 0.429. The number of halogens is 3. The number of benzene rings is 1. The van der Waals surface area contributed by atoms with E-state index in [0.717, 1.165) is 22.5 Å². The van der Waals surface area contributed by atoms with Gasteiger partial charge in [0.15, 0.2) is 11.4 Å². The van der Waals surface area contributed by atoms with E-state index in [1.807, 2.05) is 27.1 Å². The van der Waals surface area contributed by atoms with E-state index in [9.17, 15) is 22.8 Å². The molecule has 0 fully saturated rings. The minimum absolute atomic E-state index is 0.175. The predicted octanol–water partition coefficient (Wildman–Crippen LogP) is 3.41. The zero-order valence-corrected chi connectivity index (χ0v) is 17.4. The van der Waals surface area contributed by atoms with Crippen LogP contribution in [0.2, 0.25) is 0 Å². The molecule has 2 heterocycles. The molecule has 0 saturated heterocycles. The number of nitrogens with one attached hydrogen (secondary N) is 1. The second-order valence-corrected chi connectivity index (χ2v) is 7.73. The van der Waals surface area contributed by atoms with Crippen LogP contribution < -0.4 is 5.32 Å². The van der Waals surface area contributed by atoms with E-state index >= 15 is 0 Å². The number of rotatable bonds is 7. The summed E-state index contributed by atoms with van der Waals surface area (Å²) in [6.07, 6.45) is -2.52. The number of carbonyl (C=O) groups is 2. The molecule has 1 unspecified atom stereocenters. The van der Waals surface area contributed by atoms with Gasteiger partial charge in [0.05, 0.1) is 11.4 Å². The summed E-state index contributed by atoms with van der Waals surface area (Å²) in [5.41, 5.74) is 3.08. The van der Waals surface area contributed by atoms with E-state index in [1.165, 1.54) is 0 Å². The summed E-state index contributed by atoms with van der Waals surface area (Å²) in [7, 11) is 1.84. The average Bonchev–Trinajstić information content (AvgIpc) is 3.27. The van der Waals surface area contributed by atoms with Gasteiger partial charge >= 0.3 is 6.18 Å². The van der Waals surface area contributed by atoms with Crippen LogP contribution in [-0.2, 0) is 22.3 Å². The number of oxime groups is 1. The van der Waals surface area contributed by atoms with E-state index in [0.29, 0.717) is 12.0 Å². The van der Waals surface area contributed by atoms with Gasteiger partial charge in [-0.1, -0.05) is 29.4 Å². The highest BCUT2D eigenvalue weighted by atomic mass is 19.4. The smallest absolute Gasteiger partial charge is 0.384 e. The summed E-state index contributed by atoms with van der Waals surface area (Å²) in [6, 6.07) is 6.69. The molecule has 0 aliphatic carbocycles. The molecule has 1 aliphatic heterocycles. The highest BCUT2D eigenvalue weighted by Crippen LogP contribution is 2.37. The van der Waals surface area contributed by atoms with E-state index in [1.54, 1.807) is 34.3 Å². The summed E-state index contributed by atoms with van der Waals surface area (Å²) >= 11 is 0. The number of carbonyl (C=O) groups excluding carboxylic acids is 2. The van der Waals surface area contributed by atoms with E-state index < -0.39 is 24.2 Å². The van der Waals surface area contributed by atoms with E-state index in [4.69, 9.17) is 4.84 Å². The van der Waals surface area contributed by atoms with Gasteiger partial charge in [0.2, 0.25) is 5.91 Å². The number of amides is 1. The average molecular weight is 436 g/mol. The monoisotopic (exact) mass is 436 g/mol. The van der Waals surface area contributed by atoms with Crippen LogP contribution in [0.1, 0.15) is 53.4 Å². The normalized spacial score (nSPS) is 18.5. The van der Waals surface area contributed by atoms with Crippen molar-refractivity contribution in [2.45, 2.75) is 44.9 Å². The molecule has 166 valence electrons. The zero-order valence-electron chi connectivity index (χ0n) is 17.4. The molecule has 1 atom stereocenters. The Balaban J connectivity index is 1.57. The van der Waals surface area contributed by atoms with Gasteiger partial charge in [0, 0.05) is 43.6 Å². The topological polar surface area (TPSA) is 85.6 Å². The van der Waals surface area contributed by atoms with Crippen molar-refractivity contribution in [3.8, 4) is 0 Å². The number of hydrogen-bond donors (Lipinski definition) is 1. The fourth-order valence-corrected chi connectivity index (χ4v) is 3.46. The number of hydrogen-bond acceptors (Lipinski definition) is 5. The molecule has 10 heteroatoms. The zero-order chi connectivity index (χ0) is 22.8. The molecule has 1 aliphatic rings. The van der Waals surface area contributed by atoms with Crippen LogP contribution in [0.3, 0.4) is 0 Å². The van der Waals surface area contributed by atoms with Crippen LogP contribution >= 0.6 is 0 Å². The Morgan fingerprint density at radius 2 is 1.90 bits per heavy atom. The molecule has 1 N–H and O–H groups in total. The Bertz CT molecular complexity index is 1010. The van der Waals surface area contributed by atoms with Gasteiger partial charge in [-0.3, -0.25) is 14.3 Å². The first-order valence-electron chi connectivity index (χ1n) is 9.70. The summed E-state index contributed by atoms with van der Waals surface area (Å²) < 4.78 is 38.0. The molecule has 0 bridgehead atoms. The van der Waals surface area contributed by atoms with Crippen molar-refractivity contribution in [1.29, 1.82) is 0 Å². The first-order chi connectivity index (χ1) is 14.5. The SMILES string of the molecule is Cc1nn(C)cc1C1(C)CC(c2ccc(C(=O)CCC(=O)NCC(F)(F)F)cc2)=NO1. The highest BCUT2D eigenvalue weighted by molar-refractivity contribution is 6.03. The summed E-state index contributed by atoms with van der Waals surface area (Å²) in [4.78, 5) is 29.4. The minimum Gasteiger partial charge on any atom is -0.384 e. The van der Waals surface area contributed by atoms with E-state index in [2.05, 4.69) is 10.3 Å². The maximum atomic E-state index is 12.2. The van der Waals surface area contributed by atoms with Gasteiger partial charge in [-0.25, -0.2) is 0 Å². The lowest BCUT2D eigenvalue weighted by atomic mass is 9.89. The Kier molecular flexibility index (Phi) is 6.19. The molecule has 2 aromatic rings. The Hall–Kier alpha value is -3.17. The minimum atomic E-state index is -4.48. The lowest BCUT2D eigenvalue weighted by Crippen LogP contribution is -2.33. The van der Waals surface area contributed by atoms with Crippen LogP contribution in [0.15, 0.2) is 35.6 Å². The molecule has 1 aromatic carbocycles. The van der Waals surface area contributed by atoms with Crippen molar-refractivity contribution in [3.05, 3.63) is 52.8 Å². The Morgan fingerprint density at radius 1 is 1.23 bits per heavy atom. The van der Waals surface area contributed by atoms with Crippen LogP contribution in [0.4, 0.5) is 13.2 Å². The molecule has 3 rings (SSSR count). The summed E-state index contributed by atoms with van der Waals surface area (Å²) in [5.74, 6) is -1.14. The third kappa shape index (κ3) is 5.50. The molecular formula is C21H23F3N4O3. The van der Waals surface area contributed by atoms with Crippen LogP contribution in [0.25, 0.3) is 0 Å². The number of ketones is 1. The van der Waals surface area contributed by atoms with Crippen molar-refractivity contribution in [2.24, 2.45) is 12.2 Å². The summed E-state index contributed by atoms with van der Waals surface area (Å²) in [6.45, 7) is 2.44. The van der Waals surface area contributed by atoms with Gasteiger partial charge in [0.1, 0.15) is 6.54 Å². The molecule has 7 nitrogen and oxygen atoms in total. The maximum Gasteiger partial charge on any atom is 0.405 e. The Labute approximate surface area is 177 Å². The molecular weight excluding hydrogens is 413 g/mol. The number of alkyl halides is 3. The second-order valence-electron chi connectivity index (χ2n) is 7.73. The van der Waals surface area contributed by atoms with Gasteiger partial charge < -0.3 is 10.2 Å². The third-order valence-corrected chi connectivity index (χ3v) is 5.05. The van der Waals surface area contributed by atoms with Crippen molar-refractivity contribution in [2.75, 3.05) is 6.54 Å². The molecule has 0 spiro atoms. The lowest BCUT2D eigenvalue weighted by Gasteiger charge is -2.20. The second kappa shape index (κ2) is 8.52. The molecule has 1 aromatic heterocycles. The van der Waals surface area contributed by atoms with Crippen LogP contribution in [-0.4, -0.2) is 39.9 Å². The van der Waals surface area contributed by atoms with Crippen molar-refractivity contribution in [3.63, 3.8) is 0 Å². The van der Waals surface area contributed by atoms with Crippen molar-refractivity contribution < 1.29 is 27.6 Å². The van der Waals surface area contributed by atoms with Crippen molar-refractivity contribution >= 4 is 17.4 Å². The lowest BCUT2D eigenvalue weighted by molar-refractivity contribution is -0.138. The molecule has 31 heavy (non-hydrogen) atoms. The fourth-order valence-electron chi connectivity index (χ4n) is 3.46. The van der Waals surface area contributed by atoms with Gasteiger partial charge in [0.25, 0.3) is 0 Å². The maximum absolute atomic E-state index is 12.2. The Morgan fingerprint density at radius 3 is 2.48 bits per heavy atom. The number of nitrogens with zero attached hydrogens (tertiary/aromatic N) is 3.